The van der Waals surface area contributed by atoms with Gasteiger partial charge in [-0.15, -0.1) is 0 Å². The fraction of sp³-hybridized carbons (Fsp3) is 0.276. The average Bonchev–Trinajstić information content (AvgIpc) is 3.36. The zero-order valence-electron chi connectivity index (χ0n) is 20.2. The number of hydrogen-bond donors (Lipinski definition) is 1. The van der Waals surface area contributed by atoms with Crippen molar-refractivity contribution in [3.05, 3.63) is 106 Å². The predicted molar refractivity (Wildman–Crippen MR) is 140 cm³/mol. The van der Waals surface area contributed by atoms with Gasteiger partial charge in [0.1, 0.15) is 0 Å². The largest absolute Gasteiger partial charge is 0.345 e. The highest BCUT2D eigenvalue weighted by Crippen LogP contribution is 2.28. The minimum atomic E-state index is -0.190. The van der Waals surface area contributed by atoms with Gasteiger partial charge in [-0.25, -0.2) is 0 Å². The van der Waals surface area contributed by atoms with Crippen molar-refractivity contribution < 1.29 is 9.32 Å². The van der Waals surface area contributed by atoms with Crippen LogP contribution >= 0.6 is 11.6 Å². The van der Waals surface area contributed by atoms with Gasteiger partial charge in [-0.05, 0) is 55.1 Å². The van der Waals surface area contributed by atoms with Crippen molar-refractivity contribution in [2.75, 3.05) is 13.1 Å². The summed E-state index contributed by atoms with van der Waals surface area (Å²) in [5, 5.41) is 8.03. The maximum absolute atomic E-state index is 13.5. The van der Waals surface area contributed by atoms with Gasteiger partial charge in [0.05, 0.1) is 23.5 Å². The zero-order chi connectivity index (χ0) is 24.9. The lowest BCUT2D eigenvalue weighted by atomic mass is 9.92. The number of nitrogens with one attached hydrogen (secondary N) is 1. The highest BCUT2D eigenvalue weighted by molar-refractivity contribution is 6.33. The minimum Gasteiger partial charge on any atom is -0.345 e. The van der Waals surface area contributed by atoms with Gasteiger partial charge in [-0.3, -0.25) is 9.69 Å². The van der Waals surface area contributed by atoms with Crippen LogP contribution in [0.3, 0.4) is 0 Å². The number of nitrogens with zero attached hydrogens (tertiary/aromatic N) is 3. The molecule has 2 unspecified atom stereocenters. The van der Waals surface area contributed by atoms with E-state index in [2.05, 4.69) is 51.5 Å². The second-order valence-electron chi connectivity index (χ2n) is 9.27. The van der Waals surface area contributed by atoms with Crippen LogP contribution in [0.1, 0.15) is 41.5 Å². The van der Waals surface area contributed by atoms with Crippen LogP contribution in [-0.4, -0.2) is 34.0 Å². The minimum absolute atomic E-state index is 0.0686. The predicted octanol–water partition coefficient (Wildman–Crippen LogP) is 5.82. The molecule has 5 rings (SSSR count). The number of aromatic nitrogens is 2. The molecule has 3 aromatic carbocycles. The number of carbonyl (C=O) groups is 1. The van der Waals surface area contributed by atoms with E-state index in [-0.39, 0.29) is 17.9 Å². The average molecular weight is 501 g/mol. The molecule has 4 aromatic rings. The molecule has 2 atom stereocenters. The van der Waals surface area contributed by atoms with E-state index >= 15 is 0 Å². The normalized spacial score (nSPS) is 17.0. The lowest BCUT2D eigenvalue weighted by molar-refractivity contribution is -0.127. The molecule has 0 bridgehead atoms. The van der Waals surface area contributed by atoms with Crippen molar-refractivity contribution in [2.45, 2.75) is 32.4 Å². The number of benzene rings is 3. The molecule has 1 N–H and O–H groups in total. The second kappa shape index (κ2) is 11.1. The molecule has 0 saturated carbocycles. The van der Waals surface area contributed by atoms with Gasteiger partial charge in [0, 0.05) is 12.1 Å². The smallest absolute Gasteiger partial charge is 0.241 e. The van der Waals surface area contributed by atoms with E-state index < -0.39 is 0 Å². The Labute approximate surface area is 216 Å². The number of hydrogen-bond acceptors (Lipinski definition) is 5. The first-order valence-electron chi connectivity index (χ1n) is 12.3. The Bertz CT molecular complexity index is 1320. The number of carbonyl (C=O) groups excluding carboxylic acids is 1. The summed E-state index contributed by atoms with van der Waals surface area (Å²) in [5.74, 6) is 0.956. The molecule has 1 saturated heterocycles. The third kappa shape index (κ3) is 5.50. The van der Waals surface area contributed by atoms with Crippen LogP contribution in [-0.2, 0) is 11.3 Å². The van der Waals surface area contributed by atoms with Crippen molar-refractivity contribution in [2.24, 2.45) is 5.92 Å². The van der Waals surface area contributed by atoms with E-state index in [1.54, 1.807) is 6.07 Å². The molecule has 0 aliphatic carbocycles. The van der Waals surface area contributed by atoms with Crippen LogP contribution in [0.4, 0.5) is 0 Å². The van der Waals surface area contributed by atoms with E-state index in [0.717, 1.165) is 41.6 Å². The summed E-state index contributed by atoms with van der Waals surface area (Å²) in [6.07, 6.45) is 1.79. The number of piperidine rings is 1. The van der Waals surface area contributed by atoms with E-state index in [4.69, 9.17) is 16.1 Å². The molecule has 184 valence electrons. The van der Waals surface area contributed by atoms with E-state index in [1.165, 1.54) is 0 Å². The van der Waals surface area contributed by atoms with Gasteiger partial charge in [0.25, 0.3) is 0 Å². The first-order valence-corrected chi connectivity index (χ1v) is 12.7. The fourth-order valence-corrected chi connectivity index (χ4v) is 5.05. The van der Waals surface area contributed by atoms with E-state index in [0.29, 0.717) is 29.8 Å². The molecule has 6 nitrogen and oxygen atoms in total. The molecular weight excluding hydrogens is 472 g/mol. The van der Waals surface area contributed by atoms with Crippen molar-refractivity contribution in [1.82, 2.24) is 20.4 Å². The Hall–Kier alpha value is -3.48. The summed E-state index contributed by atoms with van der Waals surface area (Å²) < 4.78 is 5.50. The second-order valence-corrected chi connectivity index (χ2v) is 9.68. The van der Waals surface area contributed by atoms with Crippen LogP contribution in [0.15, 0.2) is 83.4 Å². The monoisotopic (exact) mass is 500 g/mol. The Morgan fingerprint density at radius 1 is 1.08 bits per heavy atom. The van der Waals surface area contributed by atoms with Gasteiger partial charge in [-0.1, -0.05) is 83.5 Å². The number of aryl methyl sites for hydroxylation is 1. The van der Waals surface area contributed by atoms with Crippen LogP contribution in [0.2, 0.25) is 5.02 Å². The number of halogens is 1. The molecule has 0 radical (unpaired) electrons. The van der Waals surface area contributed by atoms with E-state index in [9.17, 15) is 4.79 Å². The first kappa shape index (κ1) is 24.2. The summed E-state index contributed by atoms with van der Waals surface area (Å²) >= 11 is 6.28. The third-order valence-electron chi connectivity index (χ3n) is 6.74. The van der Waals surface area contributed by atoms with Gasteiger partial charge < -0.3 is 9.84 Å². The molecule has 36 heavy (non-hydrogen) atoms. The molecule has 1 aromatic heterocycles. The summed E-state index contributed by atoms with van der Waals surface area (Å²) in [5.41, 5.74) is 4.09. The van der Waals surface area contributed by atoms with Crippen molar-refractivity contribution in [3.8, 4) is 11.4 Å². The highest BCUT2D eigenvalue weighted by Gasteiger charge is 2.29. The number of amides is 1. The van der Waals surface area contributed by atoms with Crippen LogP contribution in [0, 0.1) is 12.8 Å². The number of likely N-dealkylation sites (tertiary alicyclic amines) is 1. The third-order valence-corrected chi connectivity index (χ3v) is 7.07. The van der Waals surface area contributed by atoms with Crippen LogP contribution in [0.5, 0.6) is 0 Å². The molecule has 2 heterocycles. The molecule has 0 spiro atoms. The van der Waals surface area contributed by atoms with Gasteiger partial charge >= 0.3 is 0 Å². The Morgan fingerprint density at radius 2 is 1.83 bits per heavy atom. The SMILES string of the molecule is Cc1ccccc1C(NC(=O)C1CCCN(Cc2nc(-c3ccccc3Cl)no2)C1)c1ccccc1. The summed E-state index contributed by atoms with van der Waals surface area (Å²) in [6.45, 7) is 4.11. The van der Waals surface area contributed by atoms with Crippen molar-refractivity contribution in [1.29, 1.82) is 0 Å². The molecule has 1 amide bonds. The van der Waals surface area contributed by atoms with Crippen LogP contribution in [0.25, 0.3) is 11.4 Å². The highest BCUT2D eigenvalue weighted by atomic mass is 35.5. The van der Waals surface area contributed by atoms with Gasteiger partial charge in [0.2, 0.25) is 17.6 Å². The lowest BCUT2D eigenvalue weighted by Crippen LogP contribution is -2.44. The zero-order valence-corrected chi connectivity index (χ0v) is 21.0. The Kier molecular flexibility index (Phi) is 7.44. The standard InChI is InChI=1S/C29H29ClN4O2/c1-20-10-5-6-14-23(20)27(21-11-3-2-4-12-21)32-29(35)22-13-9-17-34(18-22)19-26-31-28(33-36-26)24-15-7-8-16-25(24)30/h2-8,10-12,14-16,22,27H,9,13,17-19H2,1H3,(H,32,35). The lowest BCUT2D eigenvalue weighted by Gasteiger charge is -2.32. The Balaban J connectivity index is 1.27. The Morgan fingerprint density at radius 3 is 2.64 bits per heavy atom. The van der Waals surface area contributed by atoms with Gasteiger partial charge in [-0.2, -0.15) is 4.98 Å². The maximum Gasteiger partial charge on any atom is 0.241 e. The summed E-state index contributed by atoms with van der Waals surface area (Å²) in [4.78, 5) is 20.2. The van der Waals surface area contributed by atoms with Gasteiger partial charge in [0.15, 0.2) is 0 Å². The van der Waals surface area contributed by atoms with Crippen molar-refractivity contribution in [3.63, 3.8) is 0 Å². The maximum atomic E-state index is 13.5. The topological polar surface area (TPSA) is 71.3 Å². The molecule has 7 heteroatoms. The van der Waals surface area contributed by atoms with E-state index in [1.807, 2.05) is 48.5 Å². The summed E-state index contributed by atoms with van der Waals surface area (Å²) in [6, 6.07) is 25.6. The van der Waals surface area contributed by atoms with Crippen molar-refractivity contribution >= 4 is 17.5 Å². The molecule has 1 aliphatic heterocycles. The fourth-order valence-electron chi connectivity index (χ4n) is 4.83. The molecule has 1 fully saturated rings. The number of rotatable bonds is 7. The first-order chi connectivity index (χ1) is 17.6. The summed E-state index contributed by atoms with van der Waals surface area (Å²) in [7, 11) is 0. The molecule has 1 aliphatic rings. The van der Waals surface area contributed by atoms with Crippen LogP contribution < -0.4 is 5.32 Å². The quantitative estimate of drug-likeness (QED) is 0.346. The molecular formula is C29H29ClN4O2.